The maximum absolute atomic E-state index is 12.9. The second kappa shape index (κ2) is 8.71. The summed E-state index contributed by atoms with van der Waals surface area (Å²) in [4.78, 5) is 29.1. The molecule has 1 aromatic heterocycles. The predicted octanol–water partition coefficient (Wildman–Crippen LogP) is 2.98. The lowest BCUT2D eigenvalue weighted by molar-refractivity contribution is -0.144. The van der Waals surface area contributed by atoms with E-state index in [0.29, 0.717) is 18.7 Å². The fourth-order valence-electron chi connectivity index (χ4n) is 2.41. The molecule has 25 heavy (non-hydrogen) atoms. The largest absolute Gasteiger partial charge is 0.480 e. The maximum atomic E-state index is 12.9. The molecule has 0 saturated carbocycles. The molecule has 0 aliphatic carbocycles. The van der Waals surface area contributed by atoms with Crippen molar-refractivity contribution < 1.29 is 19.1 Å². The van der Waals surface area contributed by atoms with Gasteiger partial charge in [0.25, 0.3) is 0 Å². The molecule has 0 radical (unpaired) electrons. The van der Waals surface area contributed by atoms with Gasteiger partial charge < -0.3 is 10.0 Å². The van der Waals surface area contributed by atoms with Crippen LogP contribution in [0.15, 0.2) is 29.6 Å². The number of aromatic nitrogens is 1. The van der Waals surface area contributed by atoms with E-state index in [1.807, 2.05) is 19.2 Å². The van der Waals surface area contributed by atoms with Crippen LogP contribution in [0.4, 0.5) is 4.39 Å². The fourth-order valence-corrected chi connectivity index (χ4v) is 3.24. The number of benzene rings is 1. The third kappa shape index (κ3) is 6.26. The molecule has 1 N–H and O–H groups in total. The van der Waals surface area contributed by atoms with Gasteiger partial charge in [-0.25, -0.2) is 9.37 Å². The molecule has 0 unspecified atom stereocenters. The maximum Gasteiger partial charge on any atom is 0.323 e. The first-order chi connectivity index (χ1) is 11.8. The van der Waals surface area contributed by atoms with Crippen LogP contribution in [-0.4, -0.2) is 40.0 Å². The molecule has 1 aromatic carbocycles. The van der Waals surface area contributed by atoms with E-state index in [1.165, 1.54) is 28.4 Å². The number of aliphatic carboxylic acids is 1. The Hall–Kier alpha value is -2.28. The van der Waals surface area contributed by atoms with E-state index in [-0.39, 0.29) is 30.6 Å². The van der Waals surface area contributed by atoms with Crippen LogP contribution in [0.2, 0.25) is 0 Å². The van der Waals surface area contributed by atoms with Crippen molar-refractivity contribution in [2.24, 2.45) is 5.92 Å². The van der Waals surface area contributed by atoms with Crippen LogP contribution in [0.25, 0.3) is 0 Å². The lowest BCUT2D eigenvalue weighted by Crippen LogP contribution is -2.39. The average molecular weight is 364 g/mol. The van der Waals surface area contributed by atoms with E-state index < -0.39 is 5.97 Å². The Kier molecular flexibility index (Phi) is 6.64. The number of hydrogen-bond acceptors (Lipinski definition) is 4. The molecule has 0 saturated heterocycles. The number of amides is 1. The molecule has 0 spiro atoms. The molecule has 1 amide bonds. The third-order valence-corrected chi connectivity index (χ3v) is 4.36. The van der Waals surface area contributed by atoms with Crippen molar-refractivity contribution in [1.29, 1.82) is 0 Å². The van der Waals surface area contributed by atoms with Crippen molar-refractivity contribution in [3.63, 3.8) is 0 Å². The third-order valence-electron chi connectivity index (χ3n) is 3.46. The minimum absolute atomic E-state index is 0.0833. The van der Waals surface area contributed by atoms with Crippen molar-refractivity contribution >= 4 is 23.2 Å². The zero-order chi connectivity index (χ0) is 18.4. The number of thiazole rings is 1. The molecule has 0 bridgehead atoms. The molecule has 0 aliphatic rings. The van der Waals surface area contributed by atoms with Gasteiger partial charge in [0.1, 0.15) is 12.4 Å². The number of hydrogen-bond donors (Lipinski definition) is 1. The van der Waals surface area contributed by atoms with Gasteiger partial charge in [0.05, 0.1) is 17.1 Å². The van der Waals surface area contributed by atoms with Gasteiger partial charge in [-0.15, -0.1) is 11.3 Å². The van der Waals surface area contributed by atoms with Gasteiger partial charge in [-0.3, -0.25) is 9.59 Å². The Morgan fingerprint density at radius 1 is 1.28 bits per heavy atom. The quantitative estimate of drug-likeness (QED) is 0.782. The van der Waals surface area contributed by atoms with Crippen LogP contribution in [-0.2, 0) is 22.4 Å². The van der Waals surface area contributed by atoms with Crippen LogP contribution in [0.5, 0.6) is 0 Å². The molecule has 2 rings (SSSR count). The first kappa shape index (κ1) is 19.1. The number of nitrogens with zero attached hydrogens (tertiary/aromatic N) is 2. The Balaban J connectivity index is 1.99. The summed E-state index contributed by atoms with van der Waals surface area (Å²) in [6, 6.07) is 6.23. The zero-order valence-electron chi connectivity index (χ0n) is 14.2. The van der Waals surface area contributed by atoms with Crippen molar-refractivity contribution in [2.45, 2.75) is 26.7 Å². The van der Waals surface area contributed by atoms with Crippen LogP contribution in [0.1, 0.15) is 30.1 Å². The molecular weight excluding hydrogens is 343 g/mol. The summed E-state index contributed by atoms with van der Waals surface area (Å²) >= 11 is 1.44. The van der Waals surface area contributed by atoms with Gasteiger partial charge in [0, 0.05) is 18.3 Å². The van der Waals surface area contributed by atoms with Gasteiger partial charge in [-0.1, -0.05) is 26.0 Å². The summed E-state index contributed by atoms with van der Waals surface area (Å²) in [5.41, 5.74) is 1.58. The second-order valence-electron chi connectivity index (χ2n) is 6.27. The van der Waals surface area contributed by atoms with E-state index in [1.54, 1.807) is 12.1 Å². The Bertz CT molecular complexity index is 728. The number of carbonyl (C=O) groups excluding carboxylic acids is 1. The first-order valence-electron chi connectivity index (χ1n) is 8.00. The van der Waals surface area contributed by atoms with E-state index in [4.69, 9.17) is 5.11 Å². The topological polar surface area (TPSA) is 70.5 Å². The Labute approximate surface area is 150 Å². The number of carboxylic acid groups (broad SMARTS) is 1. The summed E-state index contributed by atoms with van der Waals surface area (Å²) in [7, 11) is 0. The highest BCUT2D eigenvalue weighted by Gasteiger charge is 2.19. The molecule has 5 nitrogen and oxygen atoms in total. The molecular formula is C18H21FN2O3S. The molecule has 2 aromatic rings. The highest BCUT2D eigenvalue weighted by atomic mass is 32.1. The van der Waals surface area contributed by atoms with E-state index in [2.05, 4.69) is 4.98 Å². The SMILES string of the molecule is CC(C)CN(CC(=O)O)C(=O)Cc1csc(Cc2ccc(F)cc2)n1. The van der Waals surface area contributed by atoms with Crippen molar-refractivity contribution in [1.82, 2.24) is 9.88 Å². The first-order valence-corrected chi connectivity index (χ1v) is 8.88. The van der Waals surface area contributed by atoms with Crippen molar-refractivity contribution in [2.75, 3.05) is 13.1 Å². The number of halogens is 1. The average Bonchev–Trinajstić information content (AvgIpc) is 2.95. The lowest BCUT2D eigenvalue weighted by Gasteiger charge is -2.22. The number of carboxylic acids is 1. The Morgan fingerprint density at radius 3 is 2.56 bits per heavy atom. The molecule has 1 heterocycles. The van der Waals surface area contributed by atoms with E-state index >= 15 is 0 Å². The highest BCUT2D eigenvalue weighted by molar-refractivity contribution is 7.09. The fraction of sp³-hybridized carbons (Fsp3) is 0.389. The molecule has 134 valence electrons. The van der Waals surface area contributed by atoms with E-state index in [0.717, 1.165) is 10.6 Å². The molecule has 0 aliphatic heterocycles. The second-order valence-corrected chi connectivity index (χ2v) is 7.22. The van der Waals surface area contributed by atoms with Crippen molar-refractivity contribution in [3.8, 4) is 0 Å². The summed E-state index contributed by atoms with van der Waals surface area (Å²) in [6.45, 7) is 3.97. The summed E-state index contributed by atoms with van der Waals surface area (Å²) in [6.07, 6.45) is 0.657. The standard InChI is InChI=1S/C18H21FN2O3S/c1-12(2)9-21(10-18(23)24)17(22)8-15-11-25-16(20-15)7-13-3-5-14(19)6-4-13/h3-6,11-12H,7-10H2,1-2H3,(H,23,24). The molecule has 0 fully saturated rings. The number of rotatable bonds is 8. The van der Waals surface area contributed by atoms with Crippen LogP contribution in [0, 0.1) is 11.7 Å². The van der Waals surface area contributed by atoms with E-state index in [9.17, 15) is 14.0 Å². The van der Waals surface area contributed by atoms with Crippen LogP contribution in [0.3, 0.4) is 0 Å². The monoisotopic (exact) mass is 364 g/mol. The summed E-state index contributed by atoms with van der Waals surface area (Å²) in [5, 5.41) is 11.6. The van der Waals surface area contributed by atoms with Crippen LogP contribution >= 0.6 is 11.3 Å². The zero-order valence-corrected chi connectivity index (χ0v) is 15.1. The van der Waals surface area contributed by atoms with Crippen molar-refractivity contribution in [3.05, 3.63) is 51.7 Å². The van der Waals surface area contributed by atoms with Gasteiger partial charge in [0.15, 0.2) is 0 Å². The Morgan fingerprint density at radius 2 is 1.96 bits per heavy atom. The summed E-state index contributed by atoms with van der Waals surface area (Å²) in [5.74, 6) is -1.36. The van der Waals surface area contributed by atoms with Gasteiger partial charge in [0.2, 0.25) is 5.91 Å². The number of carbonyl (C=O) groups is 2. The minimum atomic E-state index is -1.02. The molecule has 0 atom stereocenters. The van der Waals surface area contributed by atoms with Gasteiger partial charge >= 0.3 is 5.97 Å². The summed E-state index contributed by atoms with van der Waals surface area (Å²) < 4.78 is 12.9. The lowest BCUT2D eigenvalue weighted by atomic mass is 10.1. The smallest absolute Gasteiger partial charge is 0.323 e. The minimum Gasteiger partial charge on any atom is -0.480 e. The highest BCUT2D eigenvalue weighted by Crippen LogP contribution is 2.16. The van der Waals surface area contributed by atoms with Crippen LogP contribution < -0.4 is 0 Å². The van der Waals surface area contributed by atoms with Gasteiger partial charge in [-0.05, 0) is 23.6 Å². The predicted molar refractivity (Wildman–Crippen MR) is 94.1 cm³/mol. The molecule has 7 heteroatoms. The normalized spacial score (nSPS) is 10.9. The van der Waals surface area contributed by atoms with Gasteiger partial charge in [-0.2, -0.15) is 0 Å².